The summed E-state index contributed by atoms with van der Waals surface area (Å²) in [6, 6.07) is 8.39. The SMILES string of the molecule is CCNC(=NCc1ccc(CN2CCCC2=O)cc1)N(C)Cc1csc(C(C)OC)n1.I. The minimum Gasteiger partial charge on any atom is -0.375 e. The summed E-state index contributed by atoms with van der Waals surface area (Å²) in [6.45, 7) is 7.72. The number of carbonyl (C=O) groups is 1. The van der Waals surface area contributed by atoms with Crippen LogP contribution in [0.1, 0.15) is 54.6 Å². The van der Waals surface area contributed by atoms with Crippen molar-refractivity contribution in [2.24, 2.45) is 4.99 Å². The number of hydrogen-bond donors (Lipinski definition) is 1. The van der Waals surface area contributed by atoms with Crippen molar-refractivity contribution in [2.75, 3.05) is 27.2 Å². The molecule has 1 atom stereocenters. The average Bonchev–Trinajstić information content (AvgIpc) is 3.40. The first kappa shape index (κ1) is 26.5. The zero-order valence-electron chi connectivity index (χ0n) is 19.3. The van der Waals surface area contributed by atoms with Crippen LogP contribution in [-0.4, -0.2) is 53.9 Å². The first-order chi connectivity index (χ1) is 15.0. The Morgan fingerprint density at radius 2 is 2.06 bits per heavy atom. The highest BCUT2D eigenvalue weighted by atomic mass is 127. The van der Waals surface area contributed by atoms with Gasteiger partial charge in [0.1, 0.15) is 11.1 Å². The Morgan fingerprint density at radius 3 is 2.69 bits per heavy atom. The number of ether oxygens (including phenoxy) is 1. The van der Waals surface area contributed by atoms with Crippen molar-refractivity contribution in [1.29, 1.82) is 0 Å². The molecule has 0 bridgehead atoms. The van der Waals surface area contributed by atoms with Crippen molar-refractivity contribution < 1.29 is 9.53 Å². The lowest BCUT2D eigenvalue weighted by Gasteiger charge is -2.21. The van der Waals surface area contributed by atoms with Gasteiger partial charge in [0, 0.05) is 45.6 Å². The first-order valence-electron chi connectivity index (χ1n) is 10.8. The Morgan fingerprint density at radius 1 is 1.34 bits per heavy atom. The number of guanidine groups is 1. The van der Waals surface area contributed by atoms with Crippen LogP contribution in [-0.2, 0) is 29.2 Å². The molecular weight excluding hydrogens is 537 g/mol. The number of nitrogens with zero attached hydrogens (tertiary/aromatic N) is 4. The number of methoxy groups -OCH3 is 1. The monoisotopic (exact) mass is 571 g/mol. The summed E-state index contributed by atoms with van der Waals surface area (Å²) in [5.41, 5.74) is 3.32. The smallest absolute Gasteiger partial charge is 0.222 e. The van der Waals surface area contributed by atoms with Crippen LogP contribution in [0.3, 0.4) is 0 Å². The Hall–Kier alpha value is -1.72. The maximum atomic E-state index is 11.8. The summed E-state index contributed by atoms with van der Waals surface area (Å²) in [6.07, 6.45) is 1.67. The van der Waals surface area contributed by atoms with Crippen LogP contribution < -0.4 is 5.32 Å². The Bertz CT molecular complexity index is 887. The highest BCUT2D eigenvalue weighted by Crippen LogP contribution is 2.21. The lowest BCUT2D eigenvalue weighted by Crippen LogP contribution is -2.38. The molecule has 0 saturated carbocycles. The maximum Gasteiger partial charge on any atom is 0.222 e. The van der Waals surface area contributed by atoms with E-state index < -0.39 is 0 Å². The molecule has 1 aliphatic rings. The molecule has 1 aliphatic heterocycles. The van der Waals surface area contributed by atoms with Crippen LogP contribution in [0.4, 0.5) is 0 Å². The molecule has 2 aromatic rings. The van der Waals surface area contributed by atoms with Gasteiger partial charge in [-0.2, -0.15) is 0 Å². The number of thiazole rings is 1. The second-order valence-electron chi connectivity index (χ2n) is 7.82. The second kappa shape index (κ2) is 13.1. The Balaban J connectivity index is 0.00000363. The summed E-state index contributed by atoms with van der Waals surface area (Å²) in [5, 5.41) is 6.43. The van der Waals surface area contributed by atoms with E-state index >= 15 is 0 Å². The van der Waals surface area contributed by atoms with E-state index in [9.17, 15) is 4.79 Å². The average molecular weight is 572 g/mol. The third kappa shape index (κ3) is 7.41. The maximum absolute atomic E-state index is 11.8. The number of likely N-dealkylation sites (tertiary alicyclic amines) is 1. The normalized spacial score (nSPS) is 14.9. The van der Waals surface area contributed by atoms with Gasteiger partial charge in [0.15, 0.2) is 5.96 Å². The number of aromatic nitrogens is 1. The molecule has 1 aromatic carbocycles. The van der Waals surface area contributed by atoms with Crippen molar-refractivity contribution in [2.45, 2.75) is 52.4 Å². The first-order valence-corrected chi connectivity index (χ1v) is 11.7. The van der Waals surface area contributed by atoms with Crippen LogP contribution in [0.25, 0.3) is 0 Å². The standard InChI is InChI=1S/C23H33N5O2S.HI/c1-5-24-23(27(3)15-20-16-31-22(26-20)17(2)30-4)25-13-18-8-10-19(11-9-18)14-28-12-6-7-21(28)29;/h8-11,16-17H,5-7,12-15H2,1-4H3,(H,24,25);1H. The molecule has 7 nitrogen and oxygen atoms in total. The second-order valence-corrected chi connectivity index (χ2v) is 8.71. The molecule has 1 saturated heterocycles. The Kier molecular flexibility index (Phi) is 10.9. The molecule has 3 rings (SSSR count). The van der Waals surface area contributed by atoms with E-state index in [1.165, 1.54) is 0 Å². The lowest BCUT2D eigenvalue weighted by molar-refractivity contribution is -0.128. The third-order valence-electron chi connectivity index (χ3n) is 5.35. The van der Waals surface area contributed by atoms with Gasteiger partial charge in [-0.3, -0.25) is 4.79 Å². The van der Waals surface area contributed by atoms with Gasteiger partial charge in [-0.1, -0.05) is 24.3 Å². The molecule has 2 heterocycles. The molecule has 32 heavy (non-hydrogen) atoms. The summed E-state index contributed by atoms with van der Waals surface area (Å²) < 4.78 is 5.36. The van der Waals surface area contributed by atoms with Gasteiger partial charge in [-0.05, 0) is 31.4 Å². The van der Waals surface area contributed by atoms with Gasteiger partial charge in [-0.15, -0.1) is 35.3 Å². The number of hydrogen-bond acceptors (Lipinski definition) is 5. The fourth-order valence-corrected chi connectivity index (χ4v) is 4.32. The third-order valence-corrected chi connectivity index (χ3v) is 6.40. The van der Waals surface area contributed by atoms with Gasteiger partial charge in [0.2, 0.25) is 5.91 Å². The van der Waals surface area contributed by atoms with E-state index in [1.807, 2.05) is 18.9 Å². The molecule has 1 unspecified atom stereocenters. The van der Waals surface area contributed by atoms with Crippen LogP contribution in [0, 0.1) is 0 Å². The molecule has 1 N–H and O–H groups in total. The number of halogens is 1. The van der Waals surface area contributed by atoms with Gasteiger partial charge >= 0.3 is 0 Å². The van der Waals surface area contributed by atoms with Crippen LogP contribution in [0.2, 0.25) is 0 Å². The van der Waals surface area contributed by atoms with Crippen molar-refractivity contribution in [3.05, 3.63) is 51.5 Å². The van der Waals surface area contributed by atoms with E-state index in [2.05, 4.69) is 51.8 Å². The zero-order valence-corrected chi connectivity index (χ0v) is 22.5. The molecular formula is C23H34IN5O2S. The number of nitrogens with one attached hydrogen (secondary N) is 1. The van der Waals surface area contributed by atoms with Gasteiger partial charge in [-0.25, -0.2) is 9.98 Å². The van der Waals surface area contributed by atoms with Crippen LogP contribution in [0.15, 0.2) is 34.6 Å². The highest BCUT2D eigenvalue weighted by molar-refractivity contribution is 14.0. The van der Waals surface area contributed by atoms with E-state index in [4.69, 9.17) is 9.73 Å². The lowest BCUT2D eigenvalue weighted by atomic mass is 10.1. The predicted octanol–water partition coefficient (Wildman–Crippen LogP) is 4.19. The van der Waals surface area contributed by atoms with Crippen LogP contribution in [0.5, 0.6) is 0 Å². The van der Waals surface area contributed by atoms with Crippen molar-refractivity contribution >= 4 is 47.2 Å². The number of amides is 1. The fourth-order valence-electron chi connectivity index (χ4n) is 3.48. The Labute approximate surface area is 212 Å². The summed E-state index contributed by atoms with van der Waals surface area (Å²) in [4.78, 5) is 25.3. The van der Waals surface area contributed by atoms with E-state index in [0.717, 1.165) is 47.3 Å². The van der Waals surface area contributed by atoms with Crippen molar-refractivity contribution in [1.82, 2.24) is 20.1 Å². The van der Waals surface area contributed by atoms with Gasteiger partial charge in [0.25, 0.3) is 0 Å². The molecule has 0 radical (unpaired) electrons. The number of carbonyl (C=O) groups excluding carboxylic acids is 1. The summed E-state index contributed by atoms with van der Waals surface area (Å²) >= 11 is 1.62. The van der Waals surface area contributed by atoms with E-state index in [1.54, 1.807) is 18.4 Å². The highest BCUT2D eigenvalue weighted by Gasteiger charge is 2.19. The van der Waals surface area contributed by atoms with Crippen LogP contribution >= 0.6 is 35.3 Å². The van der Waals surface area contributed by atoms with Crippen molar-refractivity contribution in [3.63, 3.8) is 0 Å². The topological polar surface area (TPSA) is 70.1 Å². The molecule has 1 amide bonds. The fraction of sp³-hybridized carbons (Fsp3) is 0.522. The van der Waals surface area contributed by atoms with E-state index in [0.29, 0.717) is 26.1 Å². The summed E-state index contributed by atoms with van der Waals surface area (Å²) in [5.74, 6) is 1.11. The van der Waals surface area contributed by atoms with Gasteiger partial charge in [0.05, 0.1) is 18.8 Å². The minimum absolute atomic E-state index is 0. The molecule has 1 fully saturated rings. The summed E-state index contributed by atoms with van der Waals surface area (Å²) in [7, 11) is 3.72. The predicted molar refractivity (Wildman–Crippen MR) is 140 cm³/mol. The zero-order chi connectivity index (χ0) is 22.2. The number of benzene rings is 1. The quantitative estimate of drug-likeness (QED) is 0.278. The molecule has 9 heteroatoms. The number of rotatable bonds is 9. The molecule has 0 aliphatic carbocycles. The minimum atomic E-state index is 0. The van der Waals surface area contributed by atoms with E-state index in [-0.39, 0.29) is 36.0 Å². The molecule has 1 aromatic heterocycles. The number of aliphatic imine (C=N–C) groups is 1. The molecule has 0 spiro atoms. The van der Waals surface area contributed by atoms with Gasteiger partial charge < -0.3 is 19.9 Å². The van der Waals surface area contributed by atoms with Crippen molar-refractivity contribution in [3.8, 4) is 0 Å². The molecule has 176 valence electrons. The largest absolute Gasteiger partial charge is 0.375 e.